The SMILES string of the molecule is COCCNC(=NCCC1CCCO1)NN. The lowest BCUT2D eigenvalue weighted by Crippen LogP contribution is -2.43. The van der Waals surface area contributed by atoms with E-state index < -0.39 is 0 Å². The molecule has 1 aliphatic heterocycles. The molecule has 0 radical (unpaired) electrons. The first kappa shape index (κ1) is 13.2. The van der Waals surface area contributed by atoms with E-state index in [1.165, 1.54) is 6.42 Å². The number of methoxy groups -OCH3 is 1. The molecule has 6 heteroatoms. The predicted molar refractivity (Wildman–Crippen MR) is 63.1 cm³/mol. The number of aliphatic imine (C=N–C) groups is 1. The Balaban J connectivity index is 2.12. The van der Waals surface area contributed by atoms with Crippen LogP contribution in [0.2, 0.25) is 0 Å². The monoisotopic (exact) mass is 230 g/mol. The highest BCUT2D eigenvalue weighted by molar-refractivity contribution is 5.79. The summed E-state index contributed by atoms with van der Waals surface area (Å²) in [5.41, 5.74) is 2.53. The molecule has 1 heterocycles. The second-order valence-corrected chi connectivity index (χ2v) is 3.72. The van der Waals surface area contributed by atoms with Crippen LogP contribution in [-0.4, -0.2) is 45.5 Å². The number of nitrogens with one attached hydrogen (secondary N) is 2. The fraction of sp³-hybridized carbons (Fsp3) is 0.900. The van der Waals surface area contributed by atoms with Crippen molar-refractivity contribution >= 4 is 5.96 Å². The van der Waals surface area contributed by atoms with Crippen LogP contribution in [-0.2, 0) is 9.47 Å². The summed E-state index contributed by atoms with van der Waals surface area (Å²) in [6.45, 7) is 2.94. The van der Waals surface area contributed by atoms with E-state index in [4.69, 9.17) is 15.3 Å². The van der Waals surface area contributed by atoms with Crippen molar-refractivity contribution in [3.05, 3.63) is 0 Å². The Morgan fingerprint density at radius 2 is 2.50 bits per heavy atom. The molecule has 0 spiro atoms. The molecular weight excluding hydrogens is 208 g/mol. The largest absolute Gasteiger partial charge is 0.383 e. The minimum absolute atomic E-state index is 0.377. The third kappa shape index (κ3) is 5.29. The van der Waals surface area contributed by atoms with Gasteiger partial charge in [0.05, 0.1) is 12.7 Å². The van der Waals surface area contributed by atoms with Gasteiger partial charge in [-0.25, -0.2) is 5.84 Å². The normalized spacial score (nSPS) is 21.1. The van der Waals surface area contributed by atoms with Crippen LogP contribution in [0.5, 0.6) is 0 Å². The average molecular weight is 230 g/mol. The van der Waals surface area contributed by atoms with Crippen molar-refractivity contribution in [1.82, 2.24) is 10.7 Å². The van der Waals surface area contributed by atoms with Gasteiger partial charge in [-0.1, -0.05) is 0 Å². The summed E-state index contributed by atoms with van der Waals surface area (Å²) in [7, 11) is 1.66. The van der Waals surface area contributed by atoms with E-state index in [0.29, 0.717) is 25.2 Å². The summed E-state index contributed by atoms with van der Waals surface area (Å²) in [4.78, 5) is 4.31. The smallest absolute Gasteiger partial charge is 0.205 e. The molecule has 1 aliphatic rings. The Bertz CT molecular complexity index is 205. The lowest BCUT2D eigenvalue weighted by molar-refractivity contribution is 0.106. The minimum atomic E-state index is 0.377. The van der Waals surface area contributed by atoms with Crippen LogP contribution in [0.25, 0.3) is 0 Å². The summed E-state index contributed by atoms with van der Waals surface area (Å²) in [5, 5.41) is 3.04. The van der Waals surface area contributed by atoms with Crippen LogP contribution < -0.4 is 16.6 Å². The molecule has 4 N–H and O–H groups in total. The quantitative estimate of drug-likeness (QED) is 0.190. The molecule has 0 aromatic carbocycles. The van der Waals surface area contributed by atoms with Gasteiger partial charge in [0, 0.05) is 26.8 Å². The van der Waals surface area contributed by atoms with E-state index in [0.717, 1.165) is 26.0 Å². The highest BCUT2D eigenvalue weighted by Crippen LogP contribution is 2.14. The number of ether oxygens (including phenoxy) is 2. The second kappa shape index (κ2) is 8.32. The second-order valence-electron chi connectivity index (χ2n) is 3.72. The van der Waals surface area contributed by atoms with Crippen molar-refractivity contribution in [3.8, 4) is 0 Å². The van der Waals surface area contributed by atoms with Crippen LogP contribution in [0.1, 0.15) is 19.3 Å². The Hall–Kier alpha value is -0.850. The molecule has 0 amide bonds. The molecule has 6 nitrogen and oxygen atoms in total. The van der Waals surface area contributed by atoms with Gasteiger partial charge in [-0.05, 0) is 19.3 Å². The summed E-state index contributed by atoms with van der Waals surface area (Å²) < 4.78 is 10.4. The van der Waals surface area contributed by atoms with Crippen LogP contribution in [0.15, 0.2) is 4.99 Å². The molecule has 0 bridgehead atoms. The van der Waals surface area contributed by atoms with Crippen molar-refractivity contribution in [2.75, 3.05) is 33.4 Å². The van der Waals surface area contributed by atoms with Gasteiger partial charge in [-0.3, -0.25) is 10.4 Å². The highest BCUT2D eigenvalue weighted by atomic mass is 16.5. The Kier molecular flexibility index (Phi) is 6.87. The van der Waals surface area contributed by atoms with Crippen LogP contribution in [0.4, 0.5) is 0 Å². The first-order valence-electron chi connectivity index (χ1n) is 5.72. The molecule has 1 unspecified atom stereocenters. The van der Waals surface area contributed by atoms with Crippen molar-refractivity contribution < 1.29 is 9.47 Å². The Labute approximate surface area is 96.6 Å². The molecule has 94 valence electrons. The molecule has 1 fully saturated rings. The fourth-order valence-corrected chi connectivity index (χ4v) is 1.62. The van der Waals surface area contributed by atoms with E-state index in [-0.39, 0.29) is 0 Å². The van der Waals surface area contributed by atoms with Crippen LogP contribution in [0, 0.1) is 0 Å². The Morgan fingerprint density at radius 3 is 3.12 bits per heavy atom. The summed E-state index contributed by atoms with van der Waals surface area (Å²) >= 11 is 0. The molecule has 1 saturated heterocycles. The molecule has 1 atom stereocenters. The molecular formula is C10H22N4O2. The summed E-state index contributed by atoms with van der Waals surface area (Å²) in [6.07, 6.45) is 3.65. The Morgan fingerprint density at radius 1 is 1.62 bits per heavy atom. The number of guanidine groups is 1. The maximum atomic E-state index is 5.51. The summed E-state index contributed by atoms with van der Waals surface area (Å²) in [6, 6.07) is 0. The first-order valence-corrected chi connectivity index (χ1v) is 5.72. The fourth-order valence-electron chi connectivity index (χ4n) is 1.62. The average Bonchev–Trinajstić information content (AvgIpc) is 2.80. The van der Waals surface area contributed by atoms with E-state index >= 15 is 0 Å². The van der Waals surface area contributed by atoms with E-state index in [2.05, 4.69) is 15.7 Å². The third-order valence-corrected chi connectivity index (χ3v) is 2.48. The standard InChI is InChI=1S/C10H22N4O2/c1-15-8-6-13-10(14-11)12-5-4-9-3-2-7-16-9/h9H,2-8,11H2,1H3,(H2,12,13,14). The van der Waals surface area contributed by atoms with Gasteiger partial charge in [0.1, 0.15) is 0 Å². The molecule has 0 aromatic rings. The van der Waals surface area contributed by atoms with Gasteiger partial charge in [-0.15, -0.1) is 0 Å². The first-order chi connectivity index (χ1) is 7.86. The maximum Gasteiger partial charge on any atom is 0.205 e. The van der Waals surface area contributed by atoms with Gasteiger partial charge >= 0.3 is 0 Å². The zero-order valence-electron chi connectivity index (χ0n) is 9.87. The maximum absolute atomic E-state index is 5.51. The lowest BCUT2D eigenvalue weighted by Gasteiger charge is -2.10. The minimum Gasteiger partial charge on any atom is -0.383 e. The molecule has 0 aromatic heterocycles. The van der Waals surface area contributed by atoms with Crippen molar-refractivity contribution in [1.29, 1.82) is 0 Å². The van der Waals surface area contributed by atoms with Crippen molar-refractivity contribution in [2.45, 2.75) is 25.4 Å². The van der Waals surface area contributed by atoms with Crippen LogP contribution >= 0.6 is 0 Å². The number of hydrazine groups is 1. The van der Waals surface area contributed by atoms with Gasteiger partial charge in [-0.2, -0.15) is 0 Å². The van der Waals surface area contributed by atoms with E-state index in [9.17, 15) is 0 Å². The predicted octanol–water partition coefficient (Wildman–Crippen LogP) is -0.389. The van der Waals surface area contributed by atoms with Gasteiger partial charge in [0.2, 0.25) is 5.96 Å². The molecule has 0 aliphatic carbocycles. The molecule has 1 rings (SSSR count). The number of nitrogens with zero attached hydrogens (tertiary/aromatic N) is 1. The lowest BCUT2D eigenvalue weighted by atomic mass is 10.2. The number of nitrogens with two attached hydrogens (primary N) is 1. The van der Waals surface area contributed by atoms with Gasteiger partial charge in [0.15, 0.2) is 0 Å². The van der Waals surface area contributed by atoms with E-state index in [1.54, 1.807) is 7.11 Å². The van der Waals surface area contributed by atoms with Crippen LogP contribution in [0.3, 0.4) is 0 Å². The zero-order valence-corrected chi connectivity index (χ0v) is 9.87. The topological polar surface area (TPSA) is 80.9 Å². The highest BCUT2D eigenvalue weighted by Gasteiger charge is 2.14. The third-order valence-electron chi connectivity index (χ3n) is 2.48. The van der Waals surface area contributed by atoms with E-state index in [1.807, 2.05) is 0 Å². The number of hydrogen-bond acceptors (Lipinski definition) is 4. The van der Waals surface area contributed by atoms with Gasteiger partial charge < -0.3 is 14.8 Å². The summed E-state index contributed by atoms with van der Waals surface area (Å²) in [5.74, 6) is 5.94. The van der Waals surface area contributed by atoms with Crippen molar-refractivity contribution in [3.63, 3.8) is 0 Å². The molecule has 16 heavy (non-hydrogen) atoms. The number of rotatable bonds is 6. The molecule has 0 saturated carbocycles. The van der Waals surface area contributed by atoms with Gasteiger partial charge in [0.25, 0.3) is 0 Å². The van der Waals surface area contributed by atoms with Crippen molar-refractivity contribution in [2.24, 2.45) is 10.8 Å². The zero-order chi connectivity index (χ0) is 11.6. The number of hydrogen-bond donors (Lipinski definition) is 3.